The maximum atomic E-state index is 2.43. The van der Waals surface area contributed by atoms with Crippen LogP contribution in [0.3, 0.4) is 0 Å². The first-order valence-corrected chi connectivity index (χ1v) is 4.35. The maximum absolute atomic E-state index is 2.43. The third-order valence-corrected chi connectivity index (χ3v) is 3.28. The van der Waals surface area contributed by atoms with Gasteiger partial charge in [0.25, 0.3) is 0 Å². The van der Waals surface area contributed by atoms with E-state index in [4.69, 9.17) is 0 Å². The first-order chi connectivity index (χ1) is 4.95. The summed E-state index contributed by atoms with van der Waals surface area (Å²) in [6.07, 6.45) is 10.6. The van der Waals surface area contributed by atoms with Gasteiger partial charge in [-0.15, -0.1) is 0 Å². The minimum Gasteiger partial charge on any atom is -0.0807 e. The van der Waals surface area contributed by atoms with E-state index in [2.05, 4.69) is 12.2 Å². The van der Waals surface area contributed by atoms with Crippen LogP contribution in [0.15, 0.2) is 23.3 Å². The molecule has 0 spiro atoms. The molecule has 0 heteroatoms. The van der Waals surface area contributed by atoms with Gasteiger partial charge in [-0.05, 0) is 37.5 Å². The van der Waals surface area contributed by atoms with Crippen molar-refractivity contribution in [3.8, 4) is 0 Å². The Labute approximate surface area is 61.6 Å². The van der Waals surface area contributed by atoms with E-state index in [1.807, 2.05) is 11.1 Å². The van der Waals surface area contributed by atoms with Crippen molar-refractivity contribution in [1.29, 1.82) is 0 Å². The van der Waals surface area contributed by atoms with E-state index in [1.54, 1.807) is 0 Å². The molecule has 0 aliphatic heterocycles. The fraction of sp³-hybridized carbons (Fsp3) is 0.600. The first kappa shape index (κ1) is 5.17. The molecule has 0 saturated carbocycles. The highest BCUT2D eigenvalue weighted by atomic mass is 14.4. The van der Waals surface area contributed by atoms with Gasteiger partial charge in [0.2, 0.25) is 0 Å². The van der Waals surface area contributed by atoms with E-state index in [0.717, 1.165) is 11.8 Å². The van der Waals surface area contributed by atoms with Gasteiger partial charge < -0.3 is 0 Å². The molecule has 0 N–H and O–H groups in total. The standard InChI is InChI=1S/C10H12/c1-2-9-7-4-5-8(6-7)10(9)3-1/h4-5,7-8H,1-3,6H2. The predicted octanol–water partition coefficient (Wildman–Crippen LogP) is 2.67. The van der Waals surface area contributed by atoms with E-state index in [1.165, 1.54) is 25.7 Å². The molecule has 0 nitrogen and oxygen atoms in total. The van der Waals surface area contributed by atoms with Crippen molar-refractivity contribution >= 4 is 0 Å². The molecule has 0 fully saturated rings. The van der Waals surface area contributed by atoms with Gasteiger partial charge in [0.15, 0.2) is 0 Å². The quantitative estimate of drug-likeness (QED) is 0.444. The molecule has 0 aromatic rings. The average Bonchev–Trinajstić information content (AvgIpc) is 2.60. The van der Waals surface area contributed by atoms with E-state index in [0.29, 0.717) is 0 Å². The molecule has 2 unspecified atom stereocenters. The molecule has 52 valence electrons. The lowest BCUT2D eigenvalue weighted by molar-refractivity contribution is 0.644. The van der Waals surface area contributed by atoms with Crippen LogP contribution in [-0.2, 0) is 0 Å². The minimum atomic E-state index is 0.891. The minimum absolute atomic E-state index is 0.891. The third kappa shape index (κ3) is 0.448. The lowest BCUT2D eigenvalue weighted by atomic mass is 10.0. The Balaban J connectivity index is 2.09. The number of hydrogen-bond donors (Lipinski definition) is 0. The molecular weight excluding hydrogens is 120 g/mol. The maximum Gasteiger partial charge on any atom is -0.00115 e. The fourth-order valence-electron chi connectivity index (χ4n) is 2.85. The Kier molecular flexibility index (Phi) is 0.803. The molecule has 2 atom stereocenters. The first-order valence-electron chi connectivity index (χ1n) is 4.35. The van der Waals surface area contributed by atoms with Gasteiger partial charge in [-0.3, -0.25) is 0 Å². The molecule has 3 rings (SSSR count). The van der Waals surface area contributed by atoms with Gasteiger partial charge in [0.1, 0.15) is 0 Å². The Morgan fingerprint density at radius 2 is 1.60 bits per heavy atom. The fourth-order valence-corrected chi connectivity index (χ4v) is 2.85. The van der Waals surface area contributed by atoms with Crippen LogP contribution in [0.5, 0.6) is 0 Å². The van der Waals surface area contributed by atoms with E-state index in [9.17, 15) is 0 Å². The summed E-state index contributed by atoms with van der Waals surface area (Å²) >= 11 is 0. The molecule has 0 heterocycles. The van der Waals surface area contributed by atoms with Crippen LogP contribution in [0.25, 0.3) is 0 Å². The zero-order valence-electron chi connectivity index (χ0n) is 6.14. The smallest absolute Gasteiger partial charge is 0.00115 e. The van der Waals surface area contributed by atoms with Gasteiger partial charge in [0, 0.05) is 0 Å². The Hall–Kier alpha value is -0.520. The molecule has 3 aliphatic rings. The lowest BCUT2D eigenvalue weighted by Gasteiger charge is -2.05. The zero-order valence-corrected chi connectivity index (χ0v) is 6.14. The lowest BCUT2D eigenvalue weighted by Crippen LogP contribution is -1.90. The predicted molar refractivity (Wildman–Crippen MR) is 41.6 cm³/mol. The highest BCUT2D eigenvalue weighted by Crippen LogP contribution is 2.50. The summed E-state index contributed by atoms with van der Waals surface area (Å²) in [5.74, 6) is 1.78. The van der Waals surface area contributed by atoms with Crippen molar-refractivity contribution in [2.75, 3.05) is 0 Å². The van der Waals surface area contributed by atoms with Gasteiger partial charge >= 0.3 is 0 Å². The molecular formula is C10H12. The van der Waals surface area contributed by atoms with Crippen molar-refractivity contribution in [3.05, 3.63) is 23.3 Å². The molecule has 0 aromatic carbocycles. The average molecular weight is 132 g/mol. The highest BCUT2D eigenvalue weighted by Gasteiger charge is 2.36. The topological polar surface area (TPSA) is 0 Å². The van der Waals surface area contributed by atoms with Crippen LogP contribution in [0, 0.1) is 11.8 Å². The highest BCUT2D eigenvalue weighted by molar-refractivity contribution is 5.39. The van der Waals surface area contributed by atoms with Crippen molar-refractivity contribution < 1.29 is 0 Å². The van der Waals surface area contributed by atoms with Crippen LogP contribution in [0.2, 0.25) is 0 Å². The van der Waals surface area contributed by atoms with Crippen LogP contribution in [-0.4, -0.2) is 0 Å². The molecule has 10 heavy (non-hydrogen) atoms. The number of fused-ring (bicyclic) bond motifs is 4. The van der Waals surface area contributed by atoms with Crippen molar-refractivity contribution in [1.82, 2.24) is 0 Å². The van der Waals surface area contributed by atoms with Crippen LogP contribution < -0.4 is 0 Å². The Morgan fingerprint density at radius 3 is 2.20 bits per heavy atom. The summed E-state index contributed by atoms with van der Waals surface area (Å²) in [6, 6.07) is 0. The normalized spacial score (nSPS) is 41.6. The number of rotatable bonds is 0. The number of allylic oxidation sites excluding steroid dienone is 4. The monoisotopic (exact) mass is 132 g/mol. The van der Waals surface area contributed by atoms with Crippen LogP contribution in [0.1, 0.15) is 25.7 Å². The Bertz CT molecular complexity index is 210. The second-order valence-corrected chi connectivity index (χ2v) is 3.74. The second-order valence-electron chi connectivity index (χ2n) is 3.74. The molecule has 0 aromatic heterocycles. The van der Waals surface area contributed by atoms with Gasteiger partial charge in [-0.1, -0.05) is 23.3 Å². The second kappa shape index (κ2) is 1.55. The van der Waals surface area contributed by atoms with Gasteiger partial charge in [0.05, 0.1) is 0 Å². The summed E-state index contributed by atoms with van der Waals surface area (Å²) in [7, 11) is 0. The van der Waals surface area contributed by atoms with Crippen LogP contribution in [0.4, 0.5) is 0 Å². The largest absolute Gasteiger partial charge is 0.0807 e. The van der Waals surface area contributed by atoms with E-state index < -0.39 is 0 Å². The van der Waals surface area contributed by atoms with Gasteiger partial charge in [-0.2, -0.15) is 0 Å². The summed E-state index contributed by atoms with van der Waals surface area (Å²) in [6.45, 7) is 0. The molecule has 3 aliphatic carbocycles. The van der Waals surface area contributed by atoms with Crippen LogP contribution >= 0.6 is 0 Å². The molecule has 2 bridgehead atoms. The molecule has 0 saturated heterocycles. The summed E-state index contributed by atoms with van der Waals surface area (Å²) in [4.78, 5) is 0. The summed E-state index contributed by atoms with van der Waals surface area (Å²) in [5.41, 5.74) is 3.65. The van der Waals surface area contributed by atoms with E-state index >= 15 is 0 Å². The summed E-state index contributed by atoms with van der Waals surface area (Å²) in [5, 5.41) is 0. The number of hydrogen-bond acceptors (Lipinski definition) is 0. The Morgan fingerprint density at radius 1 is 1.00 bits per heavy atom. The van der Waals surface area contributed by atoms with Gasteiger partial charge in [-0.25, -0.2) is 0 Å². The third-order valence-electron chi connectivity index (χ3n) is 3.28. The zero-order chi connectivity index (χ0) is 6.55. The van der Waals surface area contributed by atoms with Crippen molar-refractivity contribution in [3.63, 3.8) is 0 Å². The van der Waals surface area contributed by atoms with Crippen molar-refractivity contribution in [2.45, 2.75) is 25.7 Å². The SMILES string of the molecule is C1=CC2CC1C1=C2CCC1. The molecule has 0 amide bonds. The molecule has 0 radical (unpaired) electrons. The van der Waals surface area contributed by atoms with E-state index in [-0.39, 0.29) is 0 Å². The summed E-state index contributed by atoms with van der Waals surface area (Å²) < 4.78 is 0. The van der Waals surface area contributed by atoms with Crippen molar-refractivity contribution in [2.24, 2.45) is 11.8 Å².